The Balaban J connectivity index is 3.17. The summed E-state index contributed by atoms with van der Waals surface area (Å²) in [6, 6.07) is 6.72. The highest BCUT2D eigenvalue weighted by Gasteiger charge is 2.19. The number of benzene rings is 1. The smallest absolute Gasteiger partial charge is 0.343 e. The zero-order chi connectivity index (χ0) is 13.7. The summed E-state index contributed by atoms with van der Waals surface area (Å²) < 4.78 is 4.52. The fourth-order valence-corrected chi connectivity index (χ4v) is 1.92. The molecule has 0 aliphatic rings. The standard InChI is InChI=1S/C11H8Br2O5/c12-9(11(16)17)7(10(14)15)5-6-3-1-2-4-8(6)18-13/h1-4H,5H2,(H,14,15)(H,16,17). The minimum Gasteiger partial charge on any atom is -0.478 e. The number of halogens is 2. The highest BCUT2D eigenvalue weighted by atomic mass is 79.9. The van der Waals surface area contributed by atoms with Gasteiger partial charge < -0.3 is 14.0 Å². The van der Waals surface area contributed by atoms with Gasteiger partial charge in [0.1, 0.15) is 10.2 Å². The summed E-state index contributed by atoms with van der Waals surface area (Å²) in [5.74, 6) is -2.19. The number of carboxylic acids is 2. The Hall–Kier alpha value is -1.34. The lowest BCUT2D eigenvalue weighted by Gasteiger charge is -2.08. The van der Waals surface area contributed by atoms with E-state index in [2.05, 4.69) is 32.2 Å². The van der Waals surface area contributed by atoms with Gasteiger partial charge in [0, 0.05) is 12.0 Å². The van der Waals surface area contributed by atoms with E-state index in [0.29, 0.717) is 11.3 Å². The molecule has 0 heterocycles. The van der Waals surface area contributed by atoms with Crippen LogP contribution in [0.4, 0.5) is 0 Å². The molecule has 2 N–H and O–H groups in total. The summed E-state index contributed by atoms with van der Waals surface area (Å²) in [7, 11) is 0. The minimum absolute atomic E-state index is 0.0655. The van der Waals surface area contributed by atoms with E-state index in [-0.39, 0.29) is 16.5 Å². The van der Waals surface area contributed by atoms with Crippen LogP contribution in [0.25, 0.3) is 0 Å². The average Bonchev–Trinajstić information content (AvgIpc) is 2.35. The molecule has 96 valence electrons. The Labute approximate surface area is 120 Å². The van der Waals surface area contributed by atoms with Crippen molar-refractivity contribution in [2.75, 3.05) is 0 Å². The molecule has 0 spiro atoms. The van der Waals surface area contributed by atoms with Gasteiger partial charge in [-0.2, -0.15) is 0 Å². The van der Waals surface area contributed by atoms with E-state index in [9.17, 15) is 9.59 Å². The van der Waals surface area contributed by atoms with Gasteiger partial charge >= 0.3 is 11.9 Å². The van der Waals surface area contributed by atoms with E-state index in [4.69, 9.17) is 14.0 Å². The van der Waals surface area contributed by atoms with Crippen LogP contribution in [0.3, 0.4) is 0 Å². The van der Waals surface area contributed by atoms with Crippen molar-refractivity contribution < 1.29 is 23.6 Å². The third-order valence-corrected chi connectivity index (χ3v) is 3.30. The van der Waals surface area contributed by atoms with E-state index >= 15 is 0 Å². The molecule has 1 aromatic rings. The molecule has 5 nitrogen and oxygen atoms in total. The maximum absolute atomic E-state index is 11.0. The number of para-hydroxylation sites is 1. The Morgan fingerprint density at radius 1 is 1.17 bits per heavy atom. The highest BCUT2D eigenvalue weighted by molar-refractivity contribution is 9.12. The van der Waals surface area contributed by atoms with Crippen LogP contribution in [0.15, 0.2) is 34.3 Å². The summed E-state index contributed by atoms with van der Waals surface area (Å²) in [5.41, 5.74) is 0.310. The monoisotopic (exact) mass is 378 g/mol. The van der Waals surface area contributed by atoms with Crippen molar-refractivity contribution in [3.63, 3.8) is 0 Å². The van der Waals surface area contributed by atoms with Crippen molar-refractivity contribution in [1.82, 2.24) is 0 Å². The van der Waals surface area contributed by atoms with Crippen molar-refractivity contribution in [3.8, 4) is 5.75 Å². The molecular formula is C11H8Br2O5. The van der Waals surface area contributed by atoms with Gasteiger partial charge in [-0.05, 0) is 22.0 Å². The largest absolute Gasteiger partial charge is 0.478 e. The topological polar surface area (TPSA) is 83.8 Å². The van der Waals surface area contributed by atoms with Crippen LogP contribution in [0, 0.1) is 0 Å². The fourth-order valence-electron chi connectivity index (χ4n) is 1.29. The quantitative estimate of drug-likeness (QED) is 0.768. The second-order valence-electron chi connectivity index (χ2n) is 3.26. The lowest BCUT2D eigenvalue weighted by molar-refractivity contribution is -0.135. The van der Waals surface area contributed by atoms with Crippen LogP contribution >= 0.6 is 32.2 Å². The Bertz CT molecular complexity index is 510. The third-order valence-electron chi connectivity index (χ3n) is 2.13. The van der Waals surface area contributed by atoms with Crippen molar-refractivity contribution in [1.29, 1.82) is 0 Å². The first-order chi connectivity index (χ1) is 8.47. The lowest BCUT2D eigenvalue weighted by Crippen LogP contribution is -2.10. The van der Waals surface area contributed by atoms with Crippen molar-refractivity contribution in [2.24, 2.45) is 0 Å². The predicted molar refractivity (Wildman–Crippen MR) is 70.9 cm³/mol. The van der Waals surface area contributed by atoms with Crippen molar-refractivity contribution >= 4 is 44.1 Å². The van der Waals surface area contributed by atoms with Gasteiger partial charge in [0.25, 0.3) is 0 Å². The van der Waals surface area contributed by atoms with Gasteiger partial charge in [0.05, 0.1) is 5.57 Å². The van der Waals surface area contributed by atoms with E-state index in [0.717, 1.165) is 0 Å². The van der Waals surface area contributed by atoms with E-state index < -0.39 is 11.9 Å². The average molecular weight is 380 g/mol. The molecule has 0 aliphatic carbocycles. The summed E-state index contributed by atoms with van der Waals surface area (Å²) in [6.45, 7) is 0. The van der Waals surface area contributed by atoms with Gasteiger partial charge in [-0.15, -0.1) is 0 Å². The molecule has 1 aromatic carbocycles. The van der Waals surface area contributed by atoms with Gasteiger partial charge in [0.2, 0.25) is 0 Å². The summed E-state index contributed by atoms with van der Waals surface area (Å²) in [5, 5.41) is 17.8. The van der Waals surface area contributed by atoms with Gasteiger partial charge in [-0.3, -0.25) is 0 Å². The van der Waals surface area contributed by atoms with Crippen LogP contribution < -0.4 is 3.83 Å². The summed E-state index contributed by atoms with van der Waals surface area (Å²) in [6.07, 6.45) is -0.0655. The maximum atomic E-state index is 11.0. The third kappa shape index (κ3) is 3.58. The number of carbonyl (C=O) groups is 2. The number of aliphatic carboxylic acids is 2. The molecule has 0 saturated heterocycles. The van der Waals surface area contributed by atoms with Crippen LogP contribution in [-0.2, 0) is 16.0 Å². The van der Waals surface area contributed by atoms with Crippen molar-refractivity contribution in [3.05, 3.63) is 39.9 Å². The summed E-state index contributed by atoms with van der Waals surface area (Å²) >= 11 is 5.57. The normalized spacial score (nSPS) is 11.7. The molecule has 0 aliphatic heterocycles. The van der Waals surface area contributed by atoms with Crippen LogP contribution in [0.5, 0.6) is 5.75 Å². The number of carboxylic acid groups (broad SMARTS) is 2. The number of hydrogen-bond acceptors (Lipinski definition) is 3. The molecule has 7 heteroatoms. The highest BCUT2D eigenvalue weighted by Crippen LogP contribution is 2.25. The maximum Gasteiger partial charge on any atom is 0.343 e. The van der Waals surface area contributed by atoms with Crippen molar-refractivity contribution in [2.45, 2.75) is 6.42 Å². The predicted octanol–water partition coefficient (Wildman–Crippen LogP) is 2.74. The molecule has 0 bridgehead atoms. The summed E-state index contributed by atoms with van der Waals surface area (Å²) in [4.78, 5) is 21.8. The second-order valence-corrected chi connectivity index (χ2v) is 4.38. The zero-order valence-corrected chi connectivity index (χ0v) is 12.1. The molecule has 18 heavy (non-hydrogen) atoms. The van der Waals surface area contributed by atoms with E-state index in [1.165, 1.54) is 0 Å². The minimum atomic E-state index is -1.33. The number of hydrogen-bond donors (Lipinski definition) is 2. The first kappa shape index (κ1) is 14.7. The molecule has 0 fully saturated rings. The molecule has 0 amide bonds. The molecule has 0 saturated carbocycles. The van der Waals surface area contributed by atoms with Crippen LogP contribution in [0.1, 0.15) is 5.56 Å². The molecule has 0 unspecified atom stereocenters. The Kier molecular flexibility index (Phi) is 5.36. The van der Waals surface area contributed by atoms with Gasteiger partial charge in [-0.25, -0.2) is 9.59 Å². The van der Waals surface area contributed by atoms with Crippen LogP contribution in [-0.4, -0.2) is 22.2 Å². The van der Waals surface area contributed by atoms with Gasteiger partial charge in [-0.1, -0.05) is 18.2 Å². The molecule has 0 aromatic heterocycles. The van der Waals surface area contributed by atoms with Crippen LogP contribution in [0.2, 0.25) is 0 Å². The molecule has 0 atom stereocenters. The second kappa shape index (κ2) is 6.55. The molecular weight excluding hydrogens is 372 g/mol. The SMILES string of the molecule is O=C(O)C(Br)=C(Cc1ccccc1OBr)C(=O)O. The first-order valence-corrected chi connectivity index (χ1v) is 6.13. The molecule has 1 rings (SSSR count). The molecule has 0 radical (unpaired) electrons. The zero-order valence-electron chi connectivity index (χ0n) is 8.89. The number of rotatable bonds is 5. The first-order valence-electron chi connectivity index (χ1n) is 4.69. The van der Waals surface area contributed by atoms with E-state index in [1.54, 1.807) is 24.3 Å². The Morgan fingerprint density at radius 2 is 1.78 bits per heavy atom. The fraction of sp³-hybridized carbons (Fsp3) is 0.0909. The van der Waals surface area contributed by atoms with E-state index in [1.807, 2.05) is 0 Å². The van der Waals surface area contributed by atoms with Gasteiger partial charge in [0.15, 0.2) is 16.3 Å². The Morgan fingerprint density at radius 3 is 2.28 bits per heavy atom. The lowest BCUT2D eigenvalue weighted by atomic mass is 10.0.